The zero-order valence-corrected chi connectivity index (χ0v) is 15.3. The number of aromatic nitrogens is 1. The zero-order valence-electron chi connectivity index (χ0n) is 15.3. The van der Waals surface area contributed by atoms with E-state index in [1.807, 2.05) is 44.2 Å². The number of rotatable bonds is 9. The first-order chi connectivity index (χ1) is 12.2. The van der Waals surface area contributed by atoms with Crippen LogP contribution in [0.25, 0.3) is 0 Å². The van der Waals surface area contributed by atoms with Crippen LogP contribution in [-0.4, -0.2) is 37.4 Å². The van der Waals surface area contributed by atoms with E-state index in [4.69, 9.17) is 9.26 Å². The van der Waals surface area contributed by atoms with E-state index in [2.05, 4.69) is 27.7 Å². The molecular weight excluding hydrogens is 316 g/mol. The second-order valence-corrected chi connectivity index (χ2v) is 5.76. The summed E-state index contributed by atoms with van der Waals surface area (Å²) in [5, 5.41) is 10.6. The summed E-state index contributed by atoms with van der Waals surface area (Å²) in [5.41, 5.74) is 2.12. The van der Waals surface area contributed by atoms with Crippen molar-refractivity contribution in [3.63, 3.8) is 0 Å². The van der Waals surface area contributed by atoms with Crippen LogP contribution in [0.2, 0.25) is 0 Å². The summed E-state index contributed by atoms with van der Waals surface area (Å²) in [6.07, 6.45) is 1.73. The highest BCUT2D eigenvalue weighted by Gasteiger charge is 2.08. The van der Waals surface area contributed by atoms with Gasteiger partial charge < -0.3 is 19.9 Å². The molecule has 2 rings (SSSR count). The molecule has 0 amide bonds. The topological polar surface area (TPSA) is 71.7 Å². The molecule has 0 unspecified atom stereocenters. The van der Waals surface area contributed by atoms with Gasteiger partial charge in [-0.2, -0.15) is 0 Å². The number of para-hydroxylation sites is 1. The molecule has 0 fully saturated rings. The third-order valence-corrected chi connectivity index (χ3v) is 3.78. The fourth-order valence-corrected chi connectivity index (χ4v) is 2.47. The highest BCUT2D eigenvalue weighted by molar-refractivity contribution is 5.79. The van der Waals surface area contributed by atoms with E-state index >= 15 is 0 Å². The maximum absolute atomic E-state index is 5.68. The van der Waals surface area contributed by atoms with Crippen molar-refractivity contribution < 1.29 is 9.26 Å². The molecule has 2 aromatic rings. The number of nitrogens with zero attached hydrogens (tertiary/aromatic N) is 2. The molecule has 0 bridgehead atoms. The molecule has 6 heteroatoms. The van der Waals surface area contributed by atoms with Crippen molar-refractivity contribution in [2.24, 2.45) is 4.99 Å². The lowest BCUT2D eigenvalue weighted by Gasteiger charge is -2.11. The molecule has 136 valence electrons. The van der Waals surface area contributed by atoms with Gasteiger partial charge in [-0.05, 0) is 39.3 Å². The van der Waals surface area contributed by atoms with Crippen molar-refractivity contribution in [3.05, 3.63) is 47.3 Å². The number of nitrogens with one attached hydrogen (secondary N) is 2. The van der Waals surface area contributed by atoms with Crippen molar-refractivity contribution in [2.45, 2.75) is 33.6 Å². The van der Waals surface area contributed by atoms with Crippen LogP contribution in [-0.2, 0) is 6.42 Å². The summed E-state index contributed by atoms with van der Waals surface area (Å²) in [6, 6.07) is 9.85. The third-order valence-electron chi connectivity index (χ3n) is 3.78. The maximum Gasteiger partial charge on any atom is 0.191 e. The average Bonchev–Trinajstić information content (AvgIpc) is 2.94. The molecule has 0 saturated carbocycles. The van der Waals surface area contributed by atoms with Crippen LogP contribution in [0.4, 0.5) is 0 Å². The molecule has 1 aromatic heterocycles. The molecule has 25 heavy (non-hydrogen) atoms. The molecular formula is C19H28N4O2. The van der Waals surface area contributed by atoms with Gasteiger partial charge in [0.25, 0.3) is 0 Å². The van der Waals surface area contributed by atoms with Gasteiger partial charge in [0.1, 0.15) is 11.5 Å². The summed E-state index contributed by atoms with van der Waals surface area (Å²) in [5.74, 6) is 2.62. The summed E-state index contributed by atoms with van der Waals surface area (Å²) in [7, 11) is 0. The van der Waals surface area contributed by atoms with Crippen molar-refractivity contribution in [1.29, 1.82) is 0 Å². The summed E-state index contributed by atoms with van der Waals surface area (Å²) in [4.78, 5) is 4.58. The summed E-state index contributed by atoms with van der Waals surface area (Å²) in [6.45, 7) is 8.97. The van der Waals surface area contributed by atoms with E-state index in [9.17, 15) is 0 Å². The van der Waals surface area contributed by atoms with Gasteiger partial charge in [-0.15, -0.1) is 0 Å². The van der Waals surface area contributed by atoms with Crippen LogP contribution >= 0.6 is 0 Å². The second kappa shape index (κ2) is 10.4. The molecule has 6 nitrogen and oxygen atoms in total. The van der Waals surface area contributed by atoms with Crippen LogP contribution in [0, 0.1) is 13.8 Å². The second-order valence-electron chi connectivity index (χ2n) is 5.76. The lowest BCUT2D eigenvalue weighted by molar-refractivity contribution is 0.313. The fraction of sp³-hybridized carbons (Fsp3) is 0.474. The van der Waals surface area contributed by atoms with Crippen LogP contribution in [0.15, 0.2) is 39.8 Å². The van der Waals surface area contributed by atoms with Gasteiger partial charge in [-0.25, -0.2) is 0 Å². The first kappa shape index (κ1) is 18.8. The molecule has 1 heterocycles. The van der Waals surface area contributed by atoms with E-state index in [1.165, 1.54) is 5.56 Å². The Kier molecular flexibility index (Phi) is 7.82. The highest BCUT2D eigenvalue weighted by atomic mass is 16.5. The Morgan fingerprint density at radius 2 is 2.00 bits per heavy atom. The number of hydrogen-bond acceptors (Lipinski definition) is 4. The zero-order chi connectivity index (χ0) is 17.9. The summed E-state index contributed by atoms with van der Waals surface area (Å²) < 4.78 is 10.9. The molecule has 0 radical (unpaired) electrons. The highest BCUT2D eigenvalue weighted by Crippen LogP contribution is 2.12. The van der Waals surface area contributed by atoms with Crippen LogP contribution in [0.5, 0.6) is 5.75 Å². The largest absolute Gasteiger partial charge is 0.494 e. The van der Waals surface area contributed by atoms with Crippen molar-refractivity contribution in [3.8, 4) is 5.75 Å². The van der Waals surface area contributed by atoms with Gasteiger partial charge in [-0.3, -0.25) is 4.99 Å². The number of hydrogen-bond donors (Lipinski definition) is 2. The van der Waals surface area contributed by atoms with Gasteiger partial charge >= 0.3 is 0 Å². The average molecular weight is 344 g/mol. The number of aliphatic imine (C=N–C) groups is 1. The van der Waals surface area contributed by atoms with Gasteiger partial charge in [0, 0.05) is 31.6 Å². The van der Waals surface area contributed by atoms with Crippen LogP contribution in [0.1, 0.15) is 30.4 Å². The Balaban J connectivity index is 1.70. The van der Waals surface area contributed by atoms with E-state index in [-0.39, 0.29) is 0 Å². The standard InChI is InChI=1S/C19H28N4O2/c1-4-20-19(22-13-11-18-15(2)23-25-16(18)3)21-12-8-14-24-17-9-6-5-7-10-17/h5-7,9-10H,4,8,11-14H2,1-3H3,(H2,20,21,22). The SMILES string of the molecule is CCNC(=NCCCOc1ccccc1)NCCc1c(C)noc1C. The fourth-order valence-electron chi connectivity index (χ4n) is 2.47. The molecule has 0 atom stereocenters. The molecule has 0 saturated heterocycles. The predicted octanol–water partition coefficient (Wildman–Crippen LogP) is 2.86. The third kappa shape index (κ3) is 6.49. The van der Waals surface area contributed by atoms with E-state index in [0.29, 0.717) is 13.2 Å². The van der Waals surface area contributed by atoms with E-state index in [0.717, 1.165) is 49.1 Å². The molecule has 1 aromatic carbocycles. The Hall–Kier alpha value is -2.50. The van der Waals surface area contributed by atoms with E-state index < -0.39 is 0 Å². The normalized spacial score (nSPS) is 11.4. The molecule has 0 spiro atoms. The smallest absolute Gasteiger partial charge is 0.191 e. The number of guanidine groups is 1. The van der Waals surface area contributed by atoms with Crippen LogP contribution in [0.3, 0.4) is 0 Å². The quantitative estimate of drug-likeness (QED) is 0.416. The Morgan fingerprint density at radius 1 is 1.20 bits per heavy atom. The minimum absolute atomic E-state index is 0.659. The molecule has 0 aliphatic carbocycles. The molecule has 0 aliphatic heterocycles. The van der Waals surface area contributed by atoms with Crippen LogP contribution < -0.4 is 15.4 Å². The molecule has 0 aliphatic rings. The first-order valence-electron chi connectivity index (χ1n) is 8.82. The van der Waals surface area contributed by atoms with Gasteiger partial charge in [0.2, 0.25) is 0 Å². The number of aryl methyl sites for hydroxylation is 2. The van der Waals surface area contributed by atoms with Crippen molar-refractivity contribution >= 4 is 5.96 Å². The first-order valence-corrected chi connectivity index (χ1v) is 8.82. The minimum atomic E-state index is 0.659. The minimum Gasteiger partial charge on any atom is -0.494 e. The Morgan fingerprint density at radius 3 is 2.68 bits per heavy atom. The maximum atomic E-state index is 5.68. The van der Waals surface area contributed by atoms with Crippen molar-refractivity contribution in [2.75, 3.05) is 26.2 Å². The van der Waals surface area contributed by atoms with Gasteiger partial charge in [0.15, 0.2) is 5.96 Å². The summed E-state index contributed by atoms with van der Waals surface area (Å²) >= 11 is 0. The Bertz CT molecular complexity index is 633. The van der Waals surface area contributed by atoms with Crippen molar-refractivity contribution in [1.82, 2.24) is 15.8 Å². The lowest BCUT2D eigenvalue weighted by Crippen LogP contribution is -2.38. The Labute approximate surface area is 149 Å². The number of benzene rings is 1. The van der Waals surface area contributed by atoms with E-state index in [1.54, 1.807) is 0 Å². The number of ether oxygens (including phenoxy) is 1. The molecule has 2 N–H and O–H groups in total. The monoisotopic (exact) mass is 344 g/mol. The predicted molar refractivity (Wildman–Crippen MR) is 100 cm³/mol. The van der Waals surface area contributed by atoms with Gasteiger partial charge in [0.05, 0.1) is 12.3 Å². The lowest BCUT2D eigenvalue weighted by atomic mass is 10.1. The van der Waals surface area contributed by atoms with Gasteiger partial charge in [-0.1, -0.05) is 23.4 Å².